The smallest absolute Gasteiger partial charge is 0.122 e. The van der Waals surface area contributed by atoms with E-state index in [1.165, 1.54) is 0 Å². The van der Waals surface area contributed by atoms with Gasteiger partial charge in [0.1, 0.15) is 28.7 Å². The van der Waals surface area contributed by atoms with E-state index in [0.717, 1.165) is 29.3 Å². The van der Waals surface area contributed by atoms with Crippen molar-refractivity contribution < 1.29 is 25.5 Å². The third-order valence-electron chi connectivity index (χ3n) is 4.07. The van der Waals surface area contributed by atoms with Crippen LogP contribution in [0.1, 0.15) is 25.0 Å². The summed E-state index contributed by atoms with van der Waals surface area (Å²) in [6.07, 6.45) is 0. The summed E-state index contributed by atoms with van der Waals surface area (Å²) in [7, 11) is 0. The fourth-order valence-corrected chi connectivity index (χ4v) is 2.50. The van der Waals surface area contributed by atoms with E-state index in [-0.39, 0.29) is 34.2 Å². The van der Waals surface area contributed by atoms with E-state index in [0.29, 0.717) is 0 Å². The first-order valence-corrected chi connectivity index (χ1v) is 7.99. The van der Waals surface area contributed by atoms with Gasteiger partial charge >= 0.3 is 0 Å². The maximum absolute atomic E-state index is 9.30. The first-order chi connectivity index (χ1) is 12.2. The molecule has 3 aromatic carbocycles. The van der Waals surface area contributed by atoms with Gasteiger partial charge in [0, 0.05) is 23.6 Å². The van der Waals surface area contributed by atoms with Crippen LogP contribution in [0.3, 0.4) is 0 Å². The number of benzene rings is 3. The lowest BCUT2D eigenvalue weighted by Gasteiger charge is -2.26. The number of phenols is 5. The molecule has 5 N–H and O–H groups in total. The first kappa shape index (κ1) is 19.0. The third-order valence-corrected chi connectivity index (χ3v) is 4.07. The lowest BCUT2D eigenvalue weighted by molar-refractivity contribution is 0.428. The molecule has 0 saturated heterocycles. The van der Waals surface area contributed by atoms with Crippen molar-refractivity contribution in [1.29, 1.82) is 0 Å². The van der Waals surface area contributed by atoms with E-state index < -0.39 is 0 Å². The quantitative estimate of drug-likeness (QED) is 0.474. The Kier molecular flexibility index (Phi) is 5.62. The Labute approximate surface area is 152 Å². The van der Waals surface area contributed by atoms with Crippen LogP contribution in [0.4, 0.5) is 0 Å². The van der Waals surface area contributed by atoms with Crippen LogP contribution >= 0.6 is 0 Å². The Morgan fingerprint density at radius 1 is 0.462 bits per heavy atom. The van der Waals surface area contributed by atoms with E-state index in [9.17, 15) is 10.2 Å². The highest BCUT2D eigenvalue weighted by atomic mass is 16.3. The minimum absolute atomic E-state index is 0.146. The maximum atomic E-state index is 9.30. The summed E-state index contributed by atoms with van der Waals surface area (Å²) in [4.78, 5) is 0. The van der Waals surface area contributed by atoms with E-state index >= 15 is 0 Å². The highest BCUT2D eigenvalue weighted by Gasteiger charge is 2.22. The minimum Gasteiger partial charge on any atom is -0.508 e. The molecular weight excluding hydrogens is 332 g/mol. The fourth-order valence-electron chi connectivity index (χ4n) is 2.50. The van der Waals surface area contributed by atoms with Crippen molar-refractivity contribution in [2.45, 2.75) is 19.3 Å². The predicted molar refractivity (Wildman–Crippen MR) is 99.8 cm³/mol. The molecule has 0 atom stereocenters. The Bertz CT molecular complexity index is 755. The Balaban J connectivity index is 0.000000228. The fraction of sp³-hybridized carbons (Fsp3) is 0.143. The van der Waals surface area contributed by atoms with Crippen molar-refractivity contribution in [2.75, 3.05) is 0 Å². The van der Waals surface area contributed by atoms with Crippen LogP contribution in [0.5, 0.6) is 28.7 Å². The van der Waals surface area contributed by atoms with Crippen molar-refractivity contribution >= 4 is 0 Å². The molecule has 0 fully saturated rings. The molecule has 0 spiro atoms. The van der Waals surface area contributed by atoms with Crippen molar-refractivity contribution in [1.82, 2.24) is 0 Å². The molecule has 0 aliphatic carbocycles. The normalized spacial score (nSPS) is 10.7. The Morgan fingerprint density at radius 2 is 0.731 bits per heavy atom. The van der Waals surface area contributed by atoms with Crippen molar-refractivity contribution in [3.05, 3.63) is 77.9 Å². The van der Waals surface area contributed by atoms with E-state index in [1.54, 1.807) is 24.3 Å². The summed E-state index contributed by atoms with van der Waals surface area (Å²) < 4.78 is 0. The zero-order valence-electron chi connectivity index (χ0n) is 14.6. The molecule has 0 unspecified atom stereocenters. The van der Waals surface area contributed by atoms with Gasteiger partial charge in [-0.2, -0.15) is 0 Å². The number of hydrogen-bond acceptors (Lipinski definition) is 5. The molecule has 5 nitrogen and oxygen atoms in total. The Morgan fingerprint density at radius 3 is 1.00 bits per heavy atom. The van der Waals surface area contributed by atoms with Crippen LogP contribution in [-0.2, 0) is 5.41 Å². The molecule has 0 saturated carbocycles. The number of aromatic hydroxyl groups is 5. The van der Waals surface area contributed by atoms with Crippen LogP contribution in [0.2, 0.25) is 0 Å². The van der Waals surface area contributed by atoms with Gasteiger partial charge in [0.15, 0.2) is 0 Å². The summed E-state index contributed by atoms with van der Waals surface area (Å²) in [5, 5.41) is 44.6. The van der Waals surface area contributed by atoms with Gasteiger partial charge in [0.2, 0.25) is 0 Å². The zero-order valence-corrected chi connectivity index (χ0v) is 14.6. The molecule has 0 bridgehead atoms. The van der Waals surface area contributed by atoms with Crippen molar-refractivity contribution in [3.8, 4) is 28.7 Å². The molecule has 0 aromatic heterocycles. The standard InChI is InChI=1S/C15H16O2.C6H6O3/c1-15(2,11-3-7-13(16)8-4-11)12-5-9-14(17)10-6-12;7-4-1-5(8)3-6(9)2-4/h3-10,16-17H,1-2H3;1-3,7-9H. The minimum atomic E-state index is -0.151. The SMILES string of the molecule is CC(C)(c1ccc(O)cc1)c1ccc(O)cc1.Oc1cc(O)cc(O)c1. The highest BCUT2D eigenvalue weighted by molar-refractivity contribution is 5.41. The van der Waals surface area contributed by atoms with Crippen LogP contribution < -0.4 is 0 Å². The molecule has 136 valence electrons. The predicted octanol–water partition coefficient (Wildman–Crippen LogP) is 4.23. The molecule has 0 aliphatic heterocycles. The molecule has 0 amide bonds. The van der Waals surface area contributed by atoms with Crippen LogP contribution in [0, 0.1) is 0 Å². The molecular formula is C21H22O5. The second-order valence-corrected chi connectivity index (χ2v) is 6.43. The summed E-state index contributed by atoms with van der Waals surface area (Å²) in [5.41, 5.74) is 2.10. The van der Waals surface area contributed by atoms with Gasteiger partial charge < -0.3 is 25.5 Å². The summed E-state index contributed by atoms with van der Waals surface area (Å²) in [6.45, 7) is 4.23. The van der Waals surface area contributed by atoms with E-state index in [2.05, 4.69) is 13.8 Å². The molecule has 5 heteroatoms. The molecule has 0 aliphatic rings. The van der Waals surface area contributed by atoms with Gasteiger partial charge in [-0.3, -0.25) is 0 Å². The van der Waals surface area contributed by atoms with Gasteiger partial charge in [0.05, 0.1) is 0 Å². The average molecular weight is 354 g/mol. The number of hydrogen-bond donors (Lipinski definition) is 5. The lowest BCUT2D eigenvalue weighted by Crippen LogP contribution is -2.18. The summed E-state index contributed by atoms with van der Waals surface area (Å²) in [6, 6.07) is 17.9. The van der Waals surface area contributed by atoms with Crippen molar-refractivity contribution in [2.24, 2.45) is 0 Å². The second kappa shape index (κ2) is 7.70. The van der Waals surface area contributed by atoms with Crippen molar-refractivity contribution in [3.63, 3.8) is 0 Å². The maximum Gasteiger partial charge on any atom is 0.122 e. The monoisotopic (exact) mass is 354 g/mol. The highest BCUT2D eigenvalue weighted by Crippen LogP contribution is 2.32. The Hall–Kier alpha value is -3.34. The van der Waals surface area contributed by atoms with Gasteiger partial charge in [-0.05, 0) is 35.4 Å². The summed E-state index contributed by atoms with van der Waals surface area (Å²) in [5.74, 6) is 0.109. The molecule has 26 heavy (non-hydrogen) atoms. The second-order valence-electron chi connectivity index (χ2n) is 6.43. The van der Waals surface area contributed by atoms with Gasteiger partial charge in [-0.15, -0.1) is 0 Å². The van der Waals surface area contributed by atoms with E-state index in [4.69, 9.17) is 15.3 Å². The molecule has 3 rings (SSSR count). The van der Waals surface area contributed by atoms with Gasteiger partial charge in [-0.1, -0.05) is 38.1 Å². The topological polar surface area (TPSA) is 101 Å². The lowest BCUT2D eigenvalue weighted by atomic mass is 9.78. The van der Waals surface area contributed by atoms with Crippen LogP contribution in [-0.4, -0.2) is 25.5 Å². The molecule has 0 radical (unpaired) electrons. The largest absolute Gasteiger partial charge is 0.508 e. The van der Waals surface area contributed by atoms with Crippen LogP contribution in [0.15, 0.2) is 66.7 Å². The van der Waals surface area contributed by atoms with Crippen LogP contribution in [0.25, 0.3) is 0 Å². The molecule has 3 aromatic rings. The van der Waals surface area contributed by atoms with Gasteiger partial charge in [-0.25, -0.2) is 0 Å². The van der Waals surface area contributed by atoms with E-state index in [1.807, 2.05) is 24.3 Å². The molecule has 0 heterocycles. The number of rotatable bonds is 2. The van der Waals surface area contributed by atoms with Gasteiger partial charge in [0.25, 0.3) is 0 Å². The average Bonchev–Trinajstić information content (AvgIpc) is 2.55. The first-order valence-electron chi connectivity index (χ1n) is 7.99. The zero-order chi connectivity index (χ0) is 19.3. The summed E-state index contributed by atoms with van der Waals surface area (Å²) >= 11 is 0. The third kappa shape index (κ3) is 4.83. The number of phenolic OH excluding ortho intramolecular Hbond substituents is 5.